The molecule has 3 N–H and O–H groups in total. The molecule has 0 bridgehead atoms. The summed E-state index contributed by atoms with van der Waals surface area (Å²) in [6, 6.07) is 11.5. The van der Waals surface area contributed by atoms with Gasteiger partial charge in [0.05, 0.1) is 10.5 Å². The van der Waals surface area contributed by atoms with Gasteiger partial charge in [0.1, 0.15) is 0 Å². The van der Waals surface area contributed by atoms with Crippen molar-refractivity contribution in [3.8, 4) is 0 Å². The number of carbonyl (C=O) groups is 3. The molecule has 0 aromatic heterocycles. The maximum Gasteiger partial charge on any atom is 0.338 e. The van der Waals surface area contributed by atoms with Crippen LogP contribution >= 0.6 is 0 Å². The first-order chi connectivity index (χ1) is 15.2. The molecule has 0 aliphatic carbocycles. The van der Waals surface area contributed by atoms with Crippen LogP contribution in [0.5, 0.6) is 0 Å². The van der Waals surface area contributed by atoms with Gasteiger partial charge < -0.3 is 15.8 Å². The molecule has 1 atom stereocenters. The molecule has 2 aromatic rings. The number of ether oxygens (including phenoxy) is 1. The molecule has 10 heteroatoms. The zero-order chi connectivity index (χ0) is 23.3. The minimum Gasteiger partial charge on any atom is -0.449 e. The standard InChI is InChI=1S/C22H25N3O6S/c1-15(21(27)24-18-10-8-16(9-11-18)20(23)26)31-22(28)17-6-5-7-19(14-17)32(29,30)25-12-3-2-4-13-25/h5-11,14-15H,2-4,12-13H2,1H3,(H2,23,26)(H,24,27)/t15-/m1/s1. The molecule has 170 valence electrons. The van der Waals surface area contributed by atoms with E-state index in [-0.39, 0.29) is 10.5 Å². The second kappa shape index (κ2) is 9.92. The quantitative estimate of drug-likeness (QED) is 0.609. The van der Waals surface area contributed by atoms with Gasteiger partial charge in [0.15, 0.2) is 6.10 Å². The molecule has 1 fully saturated rings. The number of piperidine rings is 1. The van der Waals surface area contributed by atoms with Crippen molar-refractivity contribution in [2.45, 2.75) is 37.2 Å². The number of rotatable bonds is 7. The number of primary amides is 1. The van der Waals surface area contributed by atoms with Crippen molar-refractivity contribution >= 4 is 33.5 Å². The number of sulfonamides is 1. The lowest BCUT2D eigenvalue weighted by atomic mass is 10.2. The van der Waals surface area contributed by atoms with E-state index in [9.17, 15) is 22.8 Å². The first-order valence-corrected chi connectivity index (χ1v) is 11.6. The lowest BCUT2D eigenvalue weighted by Gasteiger charge is -2.26. The summed E-state index contributed by atoms with van der Waals surface area (Å²) in [4.78, 5) is 36.0. The van der Waals surface area contributed by atoms with Crippen molar-refractivity contribution in [3.05, 3.63) is 59.7 Å². The second-order valence-electron chi connectivity index (χ2n) is 7.47. The van der Waals surface area contributed by atoms with Gasteiger partial charge in [0.2, 0.25) is 15.9 Å². The van der Waals surface area contributed by atoms with Gasteiger partial charge in [-0.05, 0) is 62.2 Å². The summed E-state index contributed by atoms with van der Waals surface area (Å²) in [5, 5.41) is 2.57. The Morgan fingerprint density at radius 1 is 1.00 bits per heavy atom. The van der Waals surface area contributed by atoms with Crippen LogP contribution in [0.15, 0.2) is 53.4 Å². The highest BCUT2D eigenvalue weighted by atomic mass is 32.2. The van der Waals surface area contributed by atoms with E-state index >= 15 is 0 Å². The van der Waals surface area contributed by atoms with Gasteiger partial charge >= 0.3 is 5.97 Å². The zero-order valence-electron chi connectivity index (χ0n) is 17.6. The van der Waals surface area contributed by atoms with Gasteiger partial charge in [0, 0.05) is 24.3 Å². The van der Waals surface area contributed by atoms with Crippen molar-refractivity contribution in [3.63, 3.8) is 0 Å². The van der Waals surface area contributed by atoms with Crippen LogP contribution in [0.1, 0.15) is 46.9 Å². The van der Waals surface area contributed by atoms with Crippen molar-refractivity contribution < 1.29 is 27.5 Å². The second-order valence-corrected chi connectivity index (χ2v) is 9.41. The molecule has 32 heavy (non-hydrogen) atoms. The van der Waals surface area contributed by atoms with Crippen LogP contribution in [0.4, 0.5) is 5.69 Å². The molecule has 1 aliphatic heterocycles. The largest absolute Gasteiger partial charge is 0.449 e. The van der Waals surface area contributed by atoms with Crippen LogP contribution in [-0.4, -0.2) is 49.7 Å². The molecule has 2 amide bonds. The van der Waals surface area contributed by atoms with Crippen LogP contribution < -0.4 is 11.1 Å². The van der Waals surface area contributed by atoms with E-state index in [1.807, 2.05) is 0 Å². The number of amides is 2. The fraction of sp³-hybridized carbons (Fsp3) is 0.318. The monoisotopic (exact) mass is 459 g/mol. The summed E-state index contributed by atoms with van der Waals surface area (Å²) in [7, 11) is -3.70. The summed E-state index contributed by atoms with van der Waals surface area (Å²) >= 11 is 0. The Kier molecular flexibility index (Phi) is 7.26. The predicted octanol–water partition coefficient (Wildman–Crippen LogP) is 2.14. The number of nitrogens with zero attached hydrogens (tertiary/aromatic N) is 1. The highest BCUT2D eigenvalue weighted by Crippen LogP contribution is 2.22. The molecule has 0 radical (unpaired) electrons. The van der Waals surface area contributed by atoms with Crippen molar-refractivity contribution in [2.24, 2.45) is 5.73 Å². The summed E-state index contributed by atoms with van der Waals surface area (Å²) in [5.41, 5.74) is 5.91. The molecule has 1 saturated heterocycles. The van der Waals surface area contributed by atoms with Gasteiger partial charge in [-0.25, -0.2) is 13.2 Å². The third-order valence-electron chi connectivity index (χ3n) is 5.11. The number of benzene rings is 2. The topological polar surface area (TPSA) is 136 Å². The summed E-state index contributed by atoms with van der Waals surface area (Å²) in [5.74, 6) is -1.98. The van der Waals surface area contributed by atoms with E-state index in [1.165, 1.54) is 59.8 Å². The first-order valence-electron chi connectivity index (χ1n) is 10.2. The molecule has 0 spiro atoms. The van der Waals surface area contributed by atoms with Crippen LogP contribution in [-0.2, 0) is 19.6 Å². The maximum atomic E-state index is 12.8. The number of hydrogen-bond donors (Lipinski definition) is 2. The van der Waals surface area contributed by atoms with Crippen LogP contribution in [0.25, 0.3) is 0 Å². The van der Waals surface area contributed by atoms with Crippen molar-refractivity contribution in [1.29, 1.82) is 0 Å². The minimum atomic E-state index is -3.70. The molecule has 0 saturated carbocycles. The van der Waals surface area contributed by atoms with Crippen LogP contribution in [0.3, 0.4) is 0 Å². The summed E-state index contributed by atoms with van der Waals surface area (Å²) in [6.45, 7) is 2.31. The molecule has 2 aromatic carbocycles. The molecule has 0 unspecified atom stereocenters. The van der Waals surface area contributed by atoms with Gasteiger partial charge in [-0.2, -0.15) is 4.31 Å². The van der Waals surface area contributed by atoms with Gasteiger partial charge in [-0.15, -0.1) is 0 Å². The number of carbonyl (C=O) groups excluding carboxylic acids is 3. The average molecular weight is 460 g/mol. The minimum absolute atomic E-state index is 0.0143. The molecule has 9 nitrogen and oxygen atoms in total. The van der Waals surface area contributed by atoms with Gasteiger partial charge in [-0.1, -0.05) is 12.5 Å². The third-order valence-corrected chi connectivity index (χ3v) is 7.01. The molecular weight excluding hydrogens is 434 g/mol. The van der Waals surface area contributed by atoms with E-state index in [1.54, 1.807) is 0 Å². The number of esters is 1. The Bertz CT molecular complexity index is 1110. The SMILES string of the molecule is C[C@@H](OC(=O)c1cccc(S(=O)(=O)N2CCCCC2)c1)C(=O)Nc1ccc(C(N)=O)cc1. The smallest absolute Gasteiger partial charge is 0.338 e. The van der Waals surface area contributed by atoms with E-state index in [2.05, 4.69) is 5.32 Å². The number of nitrogens with one attached hydrogen (secondary N) is 1. The average Bonchev–Trinajstić information content (AvgIpc) is 2.80. The van der Waals surface area contributed by atoms with Crippen molar-refractivity contribution in [2.75, 3.05) is 18.4 Å². The summed E-state index contributed by atoms with van der Waals surface area (Å²) in [6.07, 6.45) is 1.46. The third kappa shape index (κ3) is 5.51. The Hall–Kier alpha value is -3.24. The first kappa shape index (κ1) is 23.4. The Morgan fingerprint density at radius 3 is 2.28 bits per heavy atom. The van der Waals surface area contributed by atoms with Gasteiger partial charge in [-0.3, -0.25) is 9.59 Å². The van der Waals surface area contributed by atoms with Crippen molar-refractivity contribution in [1.82, 2.24) is 4.31 Å². The number of anilines is 1. The Balaban J connectivity index is 1.65. The fourth-order valence-electron chi connectivity index (χ4n) is 3.28. The van der Waals surface area contributed by atoms with E-state index < -0.39 is 33.9 Å². The van der Waals surface area contributed by atoms with Crippen LogP contribution in [0.2, 0.25) is 0 Å². The Labute approximate surface area is 186 Å². The van der Waals surface area contributed by atoms with Gasteiger partial charge in [0.25, 0.3) is 5.91 Å². The molecule has 1 heterocycles. The normalized spacial score (nSPS) is 15.5. The number of hydrogen-bond acceptors (Lipinski definition) is 6. The predicted molar refractivity (Wildman–Crippen MR) is 118 cm³/mol. The number of nitrogens with two attached hydrogens (primary N) is 1. The van der Waals surface area contributed by atoms with E-state index in [0.29, 0.717) is 24.3 Å². The highest BCUT2D eigenvalue weighted by molar-refractivity contribution is 7.89. The maximum absolute atomic E-state index is 12.8. The fourth-order valence-corrected chi connectivity index (χ4v) is 4.85. The van der Waals surface area contributed by atoms with E-state index in [4.69, 9.17) is 10.5 Å². The molecular formula is C22H25N3O6S. The lowest BCUT2D eigenvalue weighted by molar-refractivity contribution is -0.123. The summed E-state index contributed by atoms with van der Waals surface area (Å²) < 4.78 is 32.3. The van der Waals surface area contributed by atoms with Crippen LogP contribution in [0, 0.1) is 0 Å². The molecule has 3 rings (SSSR count). The highest BCUT2D eigenvalue weighted by Gasteiger charge is 2.27. The Morgan fingerprint density at radius 2 is 1.66 bits per heavy atom. The lowest BCUT2D eigenvalue weighted by Crippen LogP contribution is -2.35. The zero-order valence-corrected chi connectivity index (χ0v) is 18.4. The van der Waals surface area contributed by atoms with E-state index in [0.717, 1.165) is 19.3 Å². The molecule has 1 aliphatic rings.